The van der Waals surface area contributed by atoms with E-state index in [2.05, 4.69) is 233 Å². The van der Waals surface area contributed by atoms with Crippen LogP contribution in [0.1, 0.15) is 210 Å². The number of halogens is 6. The smallest absolute Gasteiger partial charge is 0.338 e. The summed E-state index contributed by atoms with van der Waals surface area (Å²) in [5.41, 5.74) is 4.26. The Morgan fingerprint density at radius 1 is 0.458 bits per heavy atom. The van der Waals surface area contributed by atoms with Crippen LogP contribution in [-0.4, -0.2) is 93.5 Å². The summed E-state index contributed by atoms with van der Waals surface area (Å²) in [6.07, 6.45) is 12.4. The first-order valence-corrected chi connectivity index (χ1v) is 49.2. The zero-order chi connectivity index (χ0) is 89.4. The Bertz CT molecular complexity index is 4240. The van der Waals surface area contributed by atoms with Crippen molar-refractivity contribution >= 4 is 132 Å². The van der Waals surface area contributed by atoms with E-state index in [9.17, 15) is 14.4 Å². The number of phenols is 1. The molecule has 20 heteroatoms. The van der Waals surface area contributed by atoms with Crippen LogP contribution in [0.5, 0.6) is 28.7 Å². The second kappa shape index (κ2) is 69.9. The molecule has 0 saturated carbocycles. The standard InChI is InChI=1S/C22H24O3.C14H22OSi.C12H14O.C11H13BrO2.C9H11BrO.C7H4BrClO.C6H5BrO.C5H12Si.C5H4.C4H10O.C3H7Br.H3N/c1-5-16-24-20-14-10-18(11-15-20)7-6-17-8-12-19(13-9-17)21(23)25-22(2,3)4;1-5-10-15-14-8-6-13(7-9-14)11-12(2)16(3)4;1-3-5-11-6-8-12(9-7-11)13-10-4-2;1-11(2,3)14-10(13)8-4-6-9(12)7-5-8;1-2-7-11-9-5-3-8(10)4-6-9;8-6-3-1-5(2-4-6)7(9)10;7-5-1-3-6(8)4-2-5;1-5(2)6(3)4;1-3-5-4-2;1-4(2,3)5;1-2-3-4;/h8-15H,5,16H2,1-4H3;6-9,11,16H,5,10H2,1-4H3;6-9H,4,10H2,1-2H3;4-7H,1-3H3;3-6H,2,7H2,1H3;1-4H;1-4,8H;6H,1H2,2-4H3;1H,2H3;5H,1-3H3;2-3H2,1H3;1H3. The lowest BCUT2D eigenvalue weighted by molar-refractivity contribution is 0.00570. The zero-order valence-corrected chi connectivity index (χ0v) is 84.6. The molecular weight excluding hydrogens is 1860 g/mol. The van der Waals surface area contributed by atoms with E-state index in [4.69, 9.17) is 56.7 Å². The first kappa shape index (κ1) is 116. The highest BCUT2D eigenvalue weighted by Gasteiger charge is 2.19. The molecule has 12 nitrogen and oxygen atoms in total. The first-order chi connectivity index (χ1) is 55.0. The lowest BCUT2D eigenvalue weighted by atomic mass is 10.1. The molecule has 0 unspecified atom stereocenters. The minimum atomic E-state index is -0.635. The molecule has 0 aromatic heterocycles. The molecule has 0 saturated heterocycles. The van der Waals surface area contributed by atoms with Crippen LogP contribution in [-0.2, 0) is 9.47 Å². The fraction of sp³-hybridized carbons (Fsp3) is 0.357. The molecule has 0 amide bonds. The molecule has 642 valence electrons. The summed E-state index contributed by atoms with van der Waals surface area (Å²) in [4.78, 5) is 34.0. The van der Waals surface area contributed by atoms with Crippen LogP contribution < -0.4 is 25.1 Å². The van der Waals surface area contributed by atoms with Crippen molar-refractivity contribution in [1.29, 1.82) is 0 Å². The number of rotatable bonds is 19. The van der Waals surface area contributed by atoms with Crippen LogP contribution in [0.2, 0.25) is 26.2 Å². The number of carbonyl (C=O) groups is 3. The number of esters is 2. The molecule has 0 atom stereocenters. The summed E-state index contributed by atoms with van der Waals surface area (Å²) in [6, 6.07) is 59.7. The Kier molecular flexibility index (Phi) is 69.0. The predicted octanol–water partition coefficient (Wildman–Crippen LogP) is 28.2. The number of aromatic hydroxyl groups is 1. The summed E-state index contributed by atoms with van der Waals surface area (Å²) in [5.74, 6) is 22.5. The molecule has 0 spiro atoms. The van der Waals surface area contributed by atoms with E-state index in [0.29, 0.717) is 22.4 Å². The third kappa shape index (κ3) is 70.0. The molecule has 8 rings (SSSR count). The summed E-state index contributed by atoms with van der Waals surface area (Å²) >= 11 is 21.6. The lowest BCUT2D eigenvalue weighted by Crippen LogP contribution is -2.23. The second-order valence-corrected chi connectivity index (χ2v) is 40.2. The maximum absolute atomic E-state index is 12.0. The van der Waals surface area contributed by atoms with Crippen LogP contribution in [0, 0.1) is 47.9 Å². The monoisotopic (exact) mass is 1980 g/mol. The summed E-state index contributed by atoms with van der Waals surface area (Å²) in [6.45, 7) is 50.9. The number of carbonyl (C=O) groups excluding carboxylic acids is 3. The summed E-state index contributed by atoms with van der Waals surface area (Å²) < 4.78 is 36.4. The van der Waals surface area contributed by atoms with Crippen LogP contribution in [0.25, 0.3) is 6.08 Å². The van der Waals surface area contributed by atoms with Crippen LogP contribution >= 0.6 is 91.3 Å². The van der Waals surface area contributed by atoms with Gasteiger partial charge in [0.2, 0.25) is 0 Å². The number of hydrogen-bond donors (Lipinski definition) is 3. The van der Waals surface area contributed by atoms with E-state index in [1.54, 1.807) is 106 Å². The Morgan fingerprint density at radius 2 is 0.720 bits per heavy atom. The average molecular weight is 1990 g/mol. The topological polar surface area (TPSA) is 182 Å². The largest absolute Gasteiger partial charge is 0.508 e. The highest BCUT2D eigenvalue weighted by atomic mass is 79.9. The van der Waals surface area contributed by atoms with Gasteiger partial charge in [0.1, 0.15) is 39.9 Å². The number of terminal acetylenes is 1. The molecule has 8 aromatic carbocycles. The second-order valence-electron chi connectivity index (χ2n) is 28.9. The predicted molar refractivity (Wildman–Crippen MR) is 526 cm³/mol. The molecule has 0 radical (unpaired) electrons. The van der Waals surface area contributed by atoms with Gasteiger partial charge in [0.25, 0.3) is 5.24 Å². The average Bonchev–Trinajstić information content (AvgIpc) is 0.887. The van der Waals surface area contributed by atoms with Gasteiger partial charge in [-0.15, -0.1) is 18.9 Å². The van der Waals surface area contributed by atoms with E-state index in [1.165, 1.54) is 17.2 Å². The van der Waals surface area contributed by atoms with Gasteiger partial charge in [-0.3, -0.25) is 4.79 Å². The van der Waals surface area contributed by atoms with Crippen LogP contribution in [0.15, 0.2) is 229 Å². The van der Waals surface area contributed by atoms with Crippen molar-refractivity contribution in [3.05, 3.63) is 268 Å². The van der Waals surface area contributed by atoms with Gasteiger partial charge in [0.05, 0.1) is 60.7 Å². The molecule has 8 aromatic rings. The molecule has 0 fully saturated rings. The van der Waals surface area contributed by atoms with Crippen molar-refractivity contribution in [3.8, 4) is 76.6 Å². The molecule has 0 aliphatic heterocycles. The number of hydrogen-bond acceptors (Lipinski definition) is 12. The van der Waals surface area contributed by atoms with Crippen LogP contribution in [0.3, 0.4) is 0 Å². The van der Waals surface area contributed by atoms with Gasteiger partial charge in [-0.25, -0.2) is 9.59 Å². The van der Waals surface area contributed by atoms with Gasteiger partial charge in [0, 0.05) is 45.5 Å². The van der Waals surface area contributed by atoms with E-state index in [1.807, 2.05) is 146 Å². The van der Waals surface area contributed by atoms with E-state index >= 15 is 0 Å². The van der Waals surface area contributed by atoms with Crippen molar-refractivity contribution < 1.29 is 53.0 Å². The number of ether oxygens (including phenoxy) is 6. The number of alkyl halides is 1. The Labute approximate surface area is 760 Å². The highest BCUT2D eigenvalue weighted by Crippen LogP contribution is 2.21. The molecular formula is C98H129Br5ClNO11Si2. The Morgan fingerprint density at radius 3 is 0.958 bits per heavy atom. The number of allylic oxidation sites excluding steroid dienone is 2. The third-order valence-corrected chi connectivity index (χ3v) is 20.6. The SMILES string of the molecule is C#CC#CC.C=C(C)[SiH](C)C.CC#Cc1ccc(OCCC)cc1.CC(C)(C)O.CC(C)(C)OC(=O)c1ccc(Br)cc1.CCCBr.CCCOc1ccc(Br)cc1.CCCOc1ccc(C#Cc2ccc(C(=O)OC(C)(C)C)cc2)cc1.CCCOc1ccc(C=C(C)[SiH](C)C)cc1.N.O=C(Cl)c1ccc(Br)cc1.Oc1ccc(Br)cc1. The fourth-order valence-corrected chi connectivity index (χ4v) is 8.81. The fourth-order valence-electron chi connectivity index (χ4n) is 7.10. The van der Waals surface area contributed by atoms with Crippen molar-refractivity contribution in [2.75, 3.05) is 31.8 Å². The number of benzene rings is 8. The van der Waals surface area contributed by atoms with Crippen molar-refractivity contribution in [3.63, 3.8) is 0 Å². The van der Waals surface area contributed by atoms with Crippen LogP contribution in [0.4, 0.5) is 0 Å². The van der Waals surface area contributed by atoms with Gasteiger partial charge in [-0.05, 0) is 333 Å². The highest BCUT2D eigenvalue weighted by molar-refractivity contribution is 9.11. The molecule has 0 bridgehead atoms. The maximum atomic E-state index is 12.0. The molecule has 118 heavy (non-hydrogen) atoms. The Hall–Kier alpha value is -7.87. The number of aliphatic hydroxyl groups is 1. The van der Waals surface area contributed by atoms with Gasteiger partial charge >= 0.3 is 11.9 Å². The van der Waals surface area contributed by atoms with E-state index in [0.717, 1.165) is 115 Å². The quantitative estimate of drug-likeness (QED) is 0.0229. The van der Waals surface area contributed by atoms with Gasteiger partial charge in [-0.2, -0.15) is 0 Å². The molecule has 0 heterocycles. The van der Waals surface area contributed by atoms with Crippen molar-refractivity contribution in [2.45, 2.75) is 200 Å². The van der Waals surface area contributed by atoms with Crippen molar-refractivity contribution in [1.82, 2.24) is 6.15 Å². The molecule has 0 aliphatic carbocycles. The number of phenolic OH excluding ortho intramolecular Hbond substituents is 1. The molecule has 5 N–H and O–H groups in total. The maximum Gasteiger partial charge on any atom is 0.338 e. The summed E-state index contributed by atoms with van der Waals surface area (Å²) in [7, 11) is -1.07. The first-order valence-electron chi connectivity index (χ1n) is 38.8. The third-order valence-electron chi connectivity index (χ3n) is 13.5. The summed E-state index contributed by atoms with van der Waals surface area (Å²) in [5, 5.41) is 20.9. The van der Waals surface area contributed by atoms with E-state index in [-0.39, 0.29) is 18.1 Å². The van der Waals surface area contributed by atoms with Crippen molar-refractivity contribution in [2.24, 2.45) is 0 Å². The Balaban J connectivity index is -0.000000630. The van der Waals surface area contributed by atoms with Gasteiger partial charge in [-0.1, -0.05) is 193 Å². The minimum Gasteiger partial charge on any atom is -0.508 e. The van der Waals surface area contributed by atoms with E-state index < -0.39 is 39.6 Å². The van der Waals surface area contributed by atoms with Gasteiger partial charge in [0.15, 0.2) is 0 Å². The minimum absolute atomic E-state index is 0. The molecule has 0 aliphatic rings. The lowest BCUT2D eigenvalue weighted by Gasteiger charge is -2.19. The normalized spacial score (nSPS) is 9.83. The zero-order valence-electron chi connectivity index (χ0n) is 73.6. The van der Waals surface area contributed by atoms with Gasteiger partial charge < -0.3 is 44.8 Å².